The maximum atomic E-state index is 13.6. The maximum Gasteiger partial charge on any atom is 0.243 e. The molecule has 1 aliphatic rings. The van der Waals surface area contributed by atoms with Gasteiger partial charge in [-0.05, 0) is 31.5 Å². The summed E-state index contributed by atoms with van der Waals surface area (Å²) in [6.07, 6.45) is 1.66. The SMILES string of the molecule is COc1cccc(OC)c1-n1c(NS(=O)(=O)[C@@H](C)[C@H](OC)c2ncc(C)cn2)nnc1[C@@H]1COCCO1. The lowest BCUT2D eigenvalue weighted by molar-refractivity contribution is -0.0941. The first kappa shape index (κ1) is 26.7. The van der Waals surface area contributed by atoms with Gasteiger partial charge in [-0.2, -0.15) is 0 Å². The van der Waals surface area contributed by atoms with Crippen molar-refractivity contribution in [3.8, 4) is 17.2 Å². The molecule has 1 saturated heterocycles. The molecule has 1 aromatic carbocycles. The number of methoxy groups -OCH3 is 3. The van der Waals surface area contributed by atoms with Crippen LogP contribution in [0.15, 0.2) is 30.6 Å². The lowest BCUT2D eigenvalue weighted by Crippen LogP contribution is -2.33. The van der Waals surface area contributed by atoms with Gasteiger partial charge in [-0.3, -0.25) is 9.29 Å². The molecule has 1 aliphatic heterocycles. The van der Waals surface area contributed by atoms with Crippen LogP contribution in [0.25, 0.3) is 5.69 Å². The zero-order chi connectivity index (χ0) is 26.6. The number of aromatic nitrogens is 5. The van der Waals surface area contributed by atoms with E-state index in [-0.39, 0.29) is 18.4 Å². The van der Waals surface area contributed by atoms with E-state index in [1.54, 1.807) is 30.6 Å². The number of hydrogen-bond donors (Lipinski definition) is 1. The van der Waals surface area contributed by atoms with Crippen molar-refractivity contribution in [1.29, 1.82) is 0 Å². The van der Waals surface area contributed by atoms with Gasteiger partial charge in [-0.15, -0.1) is 10.2 Å². The number of nitrogens with one attached hydrogen (secondary N) is 1. The van der Waals surface area contributed by atoms with Crippen molar-refractivity contribution < 1.29 is 32.1 Å². The third-order valence-electron chi connectivity index (χ3n) is 5.88. The molecule has 4 rings (SSSR count). The van der Waals surface area contributed by atoms with E-state index in [4.69, 9.17) is 23.7 Å². The summed E-state index contributed by atoms with van der Waals surface area (Å²) in [6, 6.07) is 5.19. The highest BCUT2D eigenvalue weighted by atomic mass is 32.2. The Morgan fingerprint density at radius 3 is 2.32 bits per heavy atom. The van der Waals surface area contributed by atoms with Gasteiger partial charge in [0.05, 0.1) is 34.0 Å². The second-order valence-corrected chi connectivity index (χ2v) is 10.3. The van der Waals surface area contributed by atoms with Crippen LogP contribution in [-0.2, 0) is 24.2 Å². The minimum absolute atomic E-state index is 0.0847. The first-order chi connectivity index (χ1) is 17.8. The van der Waals surface area contributed by atoms with Gasteiger partial charge in [-0.25, -0.2) is 18.4 Å². The summed E-state index contributed by atoms with van der Waals surface area (Å²) in [5.41, 5.74) is 1.24. The van der Waals surface area contributed by atoms with E-state index >= 15 is 0 Å². The minimum Gasteiger partial charge on any atom is -0.494 e. The van der Waals surface area contributed by atoms with Crippen LogP contribution >= 0.6 is 0 Å². The van der Waals surface area contributed by atoms with Crippen LogP contribution in [0.4, 0.5) is 5.95 Å². The van der Waals surface area contributed by atoms with Crippen molar-refractivity contribution >= 4 is 16.0 Å². The van der Waals surface area contributed by atoms with Gasteiger partial charge < -0.3 is 23.7 Å². The first-order valence-corrected chi connectivity index (χ1v) is 13.0. The van der Waals surface area contributed by atoms with Gasteiger partial charge in [0.25, 0.3) is 0 Å². The average molecular weight is 535 g/mol. The zero-order valence-corrected chi connectivity index (χ0v) is 22.1. The highest BCUT2D eigenvalue weighted by molar-refractivity contribution is 7.93. The van der Waals surface area contributed by atoms with E-state index < -0.39 is 27.5 Å². The molecule has 0 radical (unpaired) electrons. The Hall–Kier alpha value is -3.33. The Kier molecular flexibility index (Phi) is 8.22. The van der Waals surface area contributed by atoms with E-state index in [0.29, 0.717) is 36.2 Å². The normalized spacial score (nSPS) is 17.7. The number of benzene rings is 1. The van der Waals surface area contributed by atoms with Gasteiger partial charge in [0, 0.05) is 19.5 Å². The van der Waals surface area contributed by atoms with Crippen LogP contribution < -0.4 is 14.2 Å². The number of aryl methyl sites for hydroxylation is 1. The Morgan fingerprint density at radius 2 is 1.76 bits per heavy atom. The molecule has 3 heterocycles. The molecule has 13 nitrogen and oxygen atoms in total. The van der Waals surface area contributed by atoms with Crippen molar-refractivity contribution in [3.05, 3.63) is 47.8 Å². The summed E-state index contributed by atoms with van der Waals surface area (Å²) in [5, 5.41) is 7.32. The second-order valence-electron chi connectivity index (χ2n) is 8.29. The maximum absolute atomic E-state index is 13.6. The molecule has 37 heavy (non-hydrogen) atoms. The van der Waals surface area contributed by atoms with E-state index in [2.05, 4.69) is 24.9 Å². The van der Waals surface area contributed by atoms with E-state index in [0.717, 1.165) is 5.56 Å². The number of rotatable bonds is 10. The molecule has 0 spiro atoms. The summed E-state index contributed by atoms with van der Waals surface area (Å²) in [4.78, 5) is 8.48. The Labute approximate surface area is 215 Å². The number of sulfonamides is 1. The number of ether oxygens (including phenoxy) is 5. The second kappa shape index (κ2) is 11.4. The molecule has 1 N–H and O–H groups in total. The number of para-hydroxylation sites is 1. The van der Waals surface area contributed by atoms with Crippen LogP contribution in [0.1, 0.15) is 36.3 Å². The fourth-order valence-corrected chi connectivity index (χ4v) is 5.05. The van der Waals surface area contributed by atoms with Crippen molar-refractivity contribution in [3.63, 3.8) is 0 Å². The average Bonchev–Trinajstić information content (AvgIpc) is 3.32. The van der Waals surface area contributed by atoms with E-state index in [1.165, 1.54) is 32.8 Å². The molecule has 0 saturated carbocycles. The summed E-state index contributed by atoms with van der Waals surface area (Å²) in [6.45, 7) is 4.35. The molecule has 0 aliphatic carbocycles. The Balaban J connectivity index is 1.78. The standard InChI is InChI=1S/C23H30N6O7S/c1-14-11-24-21(25-12-14)20(34-5)15(2)37(30,31)28-23-27-26-22(18-13-35-9-10-36-18)29(23)19-16(32-3)7-6-8-17(19)33-4/h6-8,11-12,15,18,20H,9-10,13H2,1-5H3,(H,27,28)/t15-,18-,20-/m0/s1. The summed E-state index contributed by atoms with van der Waals surface area (Å²) in [7, 11) is 0.300. The molecule has 0 unspecified atom stereocenters. The van der Waals surface area contributed by atoms with Gasteiger partial charge in [-0.1, -0.05) is 6.07 Å². The van der Waals surface area contributed by atoms with Crippen LogP contribution in [0.3, 0.4) is 0 Å². The first-order valence-electron chi connectivity index (χ1n) is 11.5. The smallest absolute Gasteiger partial charge is 0.243 e. The van der Waals surface area contributed by atoms with Gasteiger partial charge in [0.15, 0.2) is 11.6 Å². The van der Waals surface area contributed by atoms with E-state index in [9.17, 15) is 8.42 Å². The van der Waals surface area contributed by atoms with Gasteiger partial charge >= 0.3 is 0 Å². The fourth-order valence-electron chi connectivity index (χ4n) is 3.92. The Morgan fingerprint density at radius 1 is 1.08 bits per heavy atom. The van der Waals surface area contributed by atoms with Crippen molar-refractivity contribution in [2.75, 3.05) is 45.9 Å². The van der Waals surface area contributed by atoms with Crippen molar-refractivity contribution in [2.24, 2.45) is 0 Å². The molecule has 2 aromatic heterocycles. The zero-order valence-electron chi connectivity index (χ0n) is 21.2. The molecule has 0 amide bonds. The topological polar surface area (TPSA) is 149 Å². The molecular formula is C23H30N6O7S. The third kappa shape index (κ3) is 5.51. The predicted octanol–water partition coefficient (Wildman–Crippen LogP) is 1.99. The molecule has 0 bridgehead atoms. The van der Waals surface area contributed by atoms with Gasteiger partial charge in [0.1, 0.15) is 34.6 Å². The number of anilines is 1. The number of hydrogen-bond acceptors (Lipinski definition) is 11. The monoisotopic (exact) mass is 534 g/mol. The molecule has 14 heteroatoms. The Bertz CT molecular complexity index is 1290. The van der Waals surface area contributed by atoms with Crippen LogP contribution in [0.2, 0.25) is 0 Å². The summed E-state index contributed by atoms with van der Waals surface area (Å²) >= 11 is 0. The lowest BCUT2D eigenvalue weighted by Gasteiger charge is -2.25. The summed E-state index contributed by atoms with van der Waals surface area (Å²) in [5.74, 6) is 1.30. The summed E-state index contributed by atoms with van der Waals surface area (Å²) < 4.78 is 59.2. The highest BCUT2D eigenvalue weighted by Gasteiger charge is 2.36. The molecule has 3 aromatic rings. The van der Waals surface area contributed by atoms with Crippen LogP contribution in [0, 0.1) is 6.92 Å². The fraction of sp³-hybridized carbons (Fsp3) is 0.478. The van der Waals surface area contributed by atoms with E-state index in [1.807, 2.05) is 6.92 Å². The third-order valence-corrected chi connectivity index (χ3v) is 7.57. The minimum atomic E-state index is -4.10. The van der Waals surface area contributed by atoms with Crippen molar-refractivity contribution in [2.45, 2.75) is 31.3 Å². The largest absolute Gasteiger partial charge is 0.494 e. The molecule has 200 valence electrons. The quantitative estimate of drug-likeness (QED) is 0.407. The lowest BCUT2D eigenvalue weighted by atomic mass is 10.2. The van der Waals surface area contributed by atoms with Gasteiger partial charge in [0.2, 0.25) is 16.0 Å². The van der Waals surface area contributed by atoms with Crippen molar-refractivity contribution in [1.82, 2.24) is 24.7 Å². The predicted molar refractivity (Wildman–Crippen MR) is 132 cm³/mol. The molecule has 3 atom stereocenters. The number of nitrogens with zero attached hydrogens (tertiary/aromatic N) is 5. The van der Waals surface area contributed by atoms with Crippen LogP contribution in [0.5, 0.6) is 11.5 Å². The molecular weight excluding hydrogens is 504 g/mol. The highest BCUT2D eigenvalue weighted by Crippen LogP contribution is 2.37. The van der Waals surface area contributed by atoms with Crippen LogP contribution in [-0.4, -0.2) is 79.6 Å². The molecule has 1 fully saturated rings.